The van der Waals surface area contributed by atoms with E-state index in [0.29, 0.717) is 14.7 Å². The second kappa shape index (κ2) is 8.01. The van der Waals surface area contributed by atoms with Gasteiger partial charge in [-0.3, -0.25) is 14.4 Å². The van der Waals surface area contributed by atoms with Crippen LogP contribution < -0.4 is 11.5 Å². The van der Waals surface area contributed by atoms with Gasteiger partial charge < -0.3 is 36.8 Å². The van der Waals surface area contributed by atoms with Crippen LogP contribution in [0.3, 0.4) is 0 Å². The van der Waals surface area contributed by atoms with Crippen LogP contribution in [-0.4, -0.2) is 74.6 Å². The van der Waals surface area contributed by atoms with E-state index in [0.717, 1.165) is 0 Å². The molecule has 178 valence electrons. The zero-order valence-electron chi connectivity index (χ0n) is 18.1. The fourth-order valence-corrected chi connectivity index (χ4v) is 6.54. The van der Waals surface area contributed by atoms with Gasteiger partial charge in [0, 0.05) is 24.1 Å². The maximum absolute atomic E-state index is 13.5. The Bertz CT molecular complexity index is 1120. The third kappa shape index (κ3) is 3.16. The van der Waals surface area contributed by atoms with Crippen molar-refractivity contribution in [2.45, 2.75) is 37.1 Å². The van der Waals surface area contributed by atoms with E-state index in [-0.39, 0.29) is 36.3 Å². The van der Waals surface area contributed by atoms with Crippen molar-refractivity contribution < 1.29 is 34.8 Å². The van der Waals surface area contributed by atoms with Gasteiger partial charge in [-0.1, -0.05) is 0 Å². The number of amides is 1. The molecule has 0 aromatic heterocycles. The number of nitrogens with two attached hydrogens (primary N) is 2. The number of aliphatic hydroxyl groups is 3. The summed E-state index contributed by atoms with van der Waals surface area (Å²) < 4.78 is 0.407. The first-order chi connectivity index (χ1) is 15.4. The topological polar surface area (TPSA) is 187 Å². The summed E-state index contributed by atoms with van der Waals surface area (Å²) >= 11 is 1.88. The number of phenolic OH excluding ortho intramolecular Hbond substituents is 1. The highest BCUT2D eigenvalue weighted by Crippen LogP contribution is 2.53. The van der Waals surface area contributed by atoms with Gasteiger partial charge in [-0.2, -0.15) is 0 Å². The van der Waals surface area contributed by atoms with Crippen molar-refractivity contribution in [3.63, 3.8) is 0 Å². The van der Waals surface area contributed by atoms with Gasteiger partial charge in [0.15, 0.2) is 17.2 Å². The van der Waals surface area contributed by atoms with Crippen molar-refractivity contribution in [1.29, 1.82) is 0 Å². The molecule has 0 bridgehead atoms. The number of hydrogen-bond donors (Lipinski definition) is 6. The summed E-state index contributed by atoms with van der Waals surface area (Å²) in [4.78, 5) is 40.4. The van der Waals surface area contributed by atoms with E-state index in [1.165, 1.54) is 0 Å². The number of aliphatic hydroxyl groups excluding tert-OH is 2. The minimum absolute atomic E-state index is 0.0129. The Labute approximate surface area is 203 Å². The minimum atomic E-state index is -2.58. The van der Waals surface area contributed by atoms with Crippen LogP contribution in [0.15, 0.2) is 17.4 Å². The molecule has 1 fully saturated rings. The van der Waals surface area contributed by atoms with Crippen LogP contribution in [0.5, 0.6) is 5.75 Å². The molecule has 1 amide bonds. The third-order valence-electron chi connectivity index (χ3n) is 7.36. The summed E-state index contributed by atoms with van der Waals surface area (Å²) in [7, 11) is 3.23. The summed E-state index contributed by atoms with van der Waals surface area (Å²) in [6, 6.07) is 0.800. The Morgan fingerprint density at radius 1 is 1.30 bits per heavy atom. The Morgan fingerprint density at radius 3 is 2.48 bits per heavy atom. The van der Waals surface area contributed by atoms with Crippen LogP contribution in [0.25, 0.3) is 0 Å². The number of allylic oxidation sites excluding steroid dienone is 1. The highest BCUT2D eigenvalue weighted by molar-refractivity contribution is 14.1. The van der Waals surface area contributed by atoms with Crippen LogP contribution in [0.4, 0.5) is 0 Å². The van der Waals surface area contributed by atoms with Gasteiger partial charge in [0.05, 0.1) is 15.2 Å². The summed E-state index contributed by atoms with van der Waals surface area (Å²) in [5, 5.41) is 44.3. The number of carbonyl (C=O) groups excluding carboxylic acids is 3. The average Bonchev–Trinajstić information content (AvgIpc) is 2.72. The number of hydrogen-bond acceptors (Lipinski definition) is 9. The summed E-state index contributed by atoms with van der Waals surface area (Å²) in [5.74, 6) is -7.43. The lowest BCUT2D eigenvalue weighted by Gasteiger charge is -2.53. The first-order valence-electron chi connectivity index (χ1n) is 10.5. The maximum Gasteiger partial charge on any atom is 0.230 e. The molecule has 0 spiro atoms. The van der Waals surface area contributed by atoms with Crippen molar-refractivity contribution in [3.8, 4) is 5.75 Å². The predicted octanol–water partition coefficient (Wildman–Crippen LogP) is -0.651. The monoisotopic (exact) mass is 571 g/mol. The molecular weight excluding hydrogens is 545 g/mol. The number of halogens is 1. The molecule has 1 aromatic rings. The molecule has 2 unspecified atom stereocenters. The van der Waals surface area contributed by atoms with Gasteiger partial charge in [-0.15, -0.1) is 0 Å². The maximum atomic E-state index is 13.5. The normalized spacial score (nSPS) is 33.6. The molecule has 11 heteroatoms. The van der Waals surface area contributed by atoms with Crippen LogP contribution in [0.1, 0.15) is 27.9 Å². The molecule has 1 saturated carbocycles. The molecule has 4 rings (SSSR count). The van der Waals surface area contributed by atoms with Crippen molar-refractivity contribution >= 4 is 40.1 Å². The zero-order chi connectivity index (χ0) is 24.6. The Hall–Kier alpha value is -2.06. The first-order valence-corrected chi connectivity index (χ1v) is 11.6. The predicted molar refractivity (Wildman–Crippen MR) is 124 cm³/mol. The zero-order valence-corrected chi connectivity index (χ0v) is 20.2. The number of nitrogens with zero attached hydrogens (tertiary/aromatic N) is 1. The fourth-order valence-electron chi connectivity index (χ4n) is 5.90. The summed E-state index contributed by atoms with van der Waals surface area (Å²) in [6.07, 6.45) is -1.18. The van der Waals surface area contributed by atoms with Gasteiger partial charge >= 0.3 is 0 Å². The molecule has 8 N–H and O–H groups in total. The first kappa shape index (κ1) is 24.1. The number of benzene rings is 1. The lowest BCUT2D eigenvalue weighted by molar-refractivity contribution is -0.178. The van der Waals surface area contributed by atoms with E-state index in [2.05, 4.69) is 0 Å². The molecule has 10 nitrogen and oxygen atoms in total. The highest BCUT2D eigenvalue weighted by atomic mass is 127. The van der Waals surface area contributed by atoms with Crippen molar-refractivity contribution in [2.75, 3.05) is 14.1 Å². The third-order valence-corrected chi connectivity index (χ3v) is 8.18. The van der Waals surface area contributed by atoms with E-state index < -0.39 is 58.7 Å². The van der Waals surface area contributed by atoms with Crippen LogP contribution in [-0.2, 0) is 22.6 Å². The molecular formula is C22H26IN3O7. The number of likely N-dealkylation sites (N-methyl/N-ethyl adjacent to an activating group) is 1. The van der Waals surface area contributed by atoms with Gasteiger partial charge in [-0.05, 0) is 72.6 Å². The van der Waals surface area contributed by atoms with E-state index in [1.54, 1.807) is 25.1 Å². The van der Waals surface area contributed by atoms with Crippen molar-refractivity contribution in [2.24, 2.45) is 29.2 Å². The molecule has 1 aromatic carbocycles. The SMILES string of the molecule is CN(C)[C@@H]1C(O)C(C(N)=O)C(=O)[C@@]2(O)C(O)=C3C(=O)c4c(O)c(I)cc(CN)c4C[C@H]3C[C@@H]12. The molecule has 0 radical (unpaired) electrons. The van der Waals surface area contributed by atoms with Crippen molar-refractivity contribution in [1.82, 2.24) is 4.90 Å². The molecule has 6 atom stereocenters. The number of phenols is 1. The van der Waals surface area contributed by atoms with E-state index in [1.807, 2.05) is 22.6 Å². The number of Topliss-reactive ketones (excluding diaryl/α,β-unsaturated/α-hetero) is 2. The molecule has 0 aliphatic heterocycles. The number of ketones is 2. The average molecular weight is 571 g/mol. The molecule has 33 heavy (non-hydrogen) atoms. The van der Waals surface area contributed by atoms with Gasteiger partial charge in [0.25, 0.3) is 0 Å². The number of rotatable bonds is 3. The lowest BCUT2D eigenvalue weighted by atomic mass is 9.56. The van der Waals surface area contributed by atoms with E-state index in [4.69, 9.17) is 11.5 Å². The summed E-state index contributed by atoms with van der Waals surface area (Å²) in [6.45, 7) is 0.134. The minimum Gasteiger partial charge on any atom is -0.508 e. The lowest BCUT2D eigenvalue weighted by Crippen LogP contribution is -2.71. The molecule has 0 heterocycles. The van der Waals surface area contributed by atoms with Gasteiger partial charge in [0.1, 0.15) is 17.4 Å². The molecule has 3 aliphatic carbocycles. The summed E-state index contributed by atoms with van der Waals surface area (Å²) in [5.41, 5.74) is 9.72. The van der Waals surface area contributed by atoms with Crippen LogP contribution in [0, 0.1) is 21.3 Å². The molecule has 3 aliphatic rings. The highest BCUT2D eigenvalue weighted by Gasteiger charge is 2.66. The Morgan fingerprint density at radius 2 is 1.94 bits per heavy atom. The Kier molecular flexibility index (Phi) is 5.85. The smallest absolute Gasteiger partial charge is 0.230 e. The largest absolute Gasteiger partial charge is 0.508 e. The van der Waals surface area contributed by atoms with E-state index >= 15 is 0 Å². The quantitative estimate of drug-likeness (QED) is 0.203. The van der Waals surface area contributed by atoms with Crippen molar-refractivity contribution in [3.05, 3.63) is 37.7 Å². The van der Waals surface area contributed by atoms with Crippen LogP contribution in [0.2, 0.25) is 0 Å². The fraction of sp³-hybridized carbons (Fsp3) is 0.500. The number of carbonyl (C=O) groups is 3. The second-order valence-corrected chi connectivity index (χ2v) is 10.4. The van der Waals surface area contributed by atoms with E-state index in [9.17, 15) is 34.8 Å². The second-order valence-electron chi connectivity index (χ2n) is 9.21. The number of aromatic hydroxyl groups is 1. The van der Waals surface area contributed by atoms with Gasteiger partial charge in [0.2, 0.25) is 5.91 Å². The standard InChI is InChI=1S/C22H26IN3O7/c1-26(2)15-10-4-7-3-9-8(6-24)5-11(23)16(27)13(9)17(28)12(7)19(30)22(10,33)20(31)14(18(15)29)21(25)32/h5,7,10,14-15,18,27,29-30,33H,3-4,6,24H2,1-2H3,(H2,25,32)/t7-,10-,14?,15-,18?,22-/m0/s1. The number of primary amides is 1. The molecule has 0 saturated heterocycles. The number of fused-ring (bicyclic) bond motifs is 3. The Balaban J connectivity index is 1.96. The van der Waals surface area contributed by atoms with Crippen LogP contribution >= 0.6 is 22.6 Å². The van der Waals surface area contributed by atoms with Gasteiger partial charge in [-0.25, -0.2) is 0 Å².